The van der Waals surface area contributed by atoms with E-state index in [1.165, 1.54) is 6.33 Å². The van der Waals surface area contributed by atoms with Gasteiger partial charge in [0.2, 0.25) is 5.88 Å². The lowest BCUT2D eigenvalue weighted by Gasteiger charge is -2.27. The van der Waals surface area contributed by atoms with Crippen molar-refractivity contribution < 1.29 is 4.74 Å². The van der Waals surface area contributed by atoms with Crippen LogP contribution in [0.1, 0.15) is 27.2 Å². The number of hydrogen-bond acceptors (Lipinski definition) is 5. The highest BCUT2D eigenvalue weighted by atomic mass is 16.5. The lowest BCUT2D eigenvalue weighted by molar-refractivity contribution is 0.326. The Hall–Kier alpha value is -1.36. The van der Waals surface area contributed by atoms with E-state index in [0.29, 0.717) is 25.1 Å². The van der Waals surface area contributed by atoms with Gasteiger partial charge < -0.3 is 15.4 Å². The van der Waals surface area contributed by atoms with Gasteiger partial charge >= 0.3 is 0 Å². The van der Waals surface area contributed by atoms with Gasteiger partial charge in [0.25, 0.3) is 0 Å². The number of nitrogens with zero attached hydrogens (tertiary/aromatic N) is 3. The first kappa shape index (κ1) is 13.7. The summed E-state index contributed by atoms with van der Waals surface area (Å²) in [5.41, 5.74) is 5.55. The Balaban J connectivity index is 2.81. The van der Waals surface area contributed by atoms with Crippen molar-refractivity contribution in [2.75, 3.05) is 24.6 Å². The third kappa shape index (κ3) is 4.19. The van der Waals surface area contributed by atoms with Gasteiger partial charge in [0.1, 0.15) is 12.1 Å². The van der Waals surface area contributed by atoms with Crippen LogP contribution in [0.15, 0.2) is 12.4 Å². The van der Waals surface area contributed by atoms with Crippen molar-refractivity contribution >= 4 is 5.82 Å². The molecule has 0 atom stereocenters. The van der Waals surface area contributed by atoms with E-state index in [1.54, 1.807) is 0 Å². The molecule has 0 saturated carbocycles. The fraction of sp³-hybridized carbons (Fsp3) is 0.667. The predicted octanol–water partition coefficient (Wildman–Crippen LogP) is 1.44. The van der Waals surface area contributed by atoms with Crippen LogP contribution in [-0.4, -0.2) is 35.7 Å². The van der Waals surface area contributed by atoms with Crippen LogP contribution in [0.3, 0.4) is 0 Å². The Morgan fingerprint density at radius 1 is 1.41 bits per heavy atom. The van der Waals surface area contributed by atoms with E-state index in [2.05, 4.69) is 28.7 Å². The summed E-state index contributed by atoms with van der Waals surface area (Å²) in [6, 6.07) is 2.26. The monoisotopic (exact) mass is 238 g/mol. The molecule has 5 heteroatoms. The van der Waals surface area contributed by atoms with Crippen LogP contribution in [0, 0.1) is 0 Å². The number of aromatic nitrogens is 2. The molecular formula is C12H22N4O. The summed E-state index contributed by atoms with van der Waals surface area (Å²) in [6.45, 7) is 8.42. The second kappa shape index (κ2) is 7.06. The molecule has 1 rings (SSSR count). The Bertz CT molecular complexity index is 330. The fourth-order valence-corrected chi connectivity index (χ4v) is 1.61. The van der Waals surface area contributed by atoms with Crippen molar-refractivity contribution in [1.82, 2.24) is 9.97 Å². The second-order valence-corrected chi connectivity index (χ2v) is 4.08. The third-order valence-corrected chi connectivity index (χ3v) is 2.44. The molecule has 0 aliphatic carbocycles. The SMILES string of the molecule is CCOc1cc(N(CCCN)C(C)C)ncn1. The van der Waals surface area contributed by atoms with Crippen LogP contribution in [0.4, 0.5) is 5.82 Å². The van der Waals surface area contributed by atoms with E-state index in [0.717, 1.165) is 18.8 Å². The zero-order valence-electron chi connectivity index (χ0n) is 10.9. The molecule has 17 heavy (non-hydrogen) atoms. The normalized spacial score (nSPS) is 10.6. The summed E-state index contributed by atoms with van der Waals surface area (Å²) >= 11 is 0. The molecule has 96 valence electrons. The minimum atomic E-state index is 0.380. The van der Waals surface area contributed by atoms with E-state index in [-0.39, 0.29) is 0 Å². The van der Waals surface area contributed by atoms with Gasteiger partial charge in [0.05, 0.1) is 6.61 Å². The van der Waals surface area contributed by atoms with Gasteiger partial charge in [-0.15, -0.1) is 0 Å². The summed E-state index contributed by atoms with van der Waals surface area (Å²) in [5.74, 6) is 1.52. The van der Waals surface area contributed by atoms with E-state index in [1.807, 2.05) is 13.0 Å². The maximum absolute atomic E-state index is 5.55. The average molecular weight is 238 g/mol. The van der Waals surface area contributed by atoms with Crippen LogP contribution in [0.2, 0.25) is 0 Å². The van der Waals surface area contributed by atoms with Gasteiger partial charge in [-0.2, -0.15) is 0 Å². The fourth-order valence-electron chi connectivity index (χ4n) is 1.61. The Labute approximate surface area is 103 Å². The third-order valence-electron chi connectivity index (χ3n) is 2.44. The summed E-state index contributed by atoms with van der Waals surface area (Å²) < 4.78 is 5.38. The van der Waals surface area contributed by atoms with Crippen molar-refractivity contribution in [2.24, 2.45) is 5.73 Å². The quantitative estimate of drug-likeness (QED) is 0.778. The van der Waals surface area contributed by atoms with Crippen molar-refractivity contribution in [3.05, 3.63) is 12.4 Å². The molecule has 5 nitrogen and oxygen atoms in total. The predicted molar refractivity (Wildman–Crippen MR) is 69.4 cm³/mol. The molecule has 2 N–H and O–H groups in total. The minimum Gasteiger partial charge on any atom is -0.478 e. The van der Waals surface area contributed by atoms with Crippen LogP contribution in [-0.2, 0) is 0 Å². The molecule has 1 heterocycles. The van der Waals surface area contributed by atoms with Crippen molar-refractivity contribution in [3.63, 3.8) is 0 Å². The second-order valence-electron chi connectivity index (χ2n) is 4.08. The van der Waals surface area contributed by atoms with Crippen molar-refractivity contribution in [1.29, 1.82) is 0 Å². The molecule has 0 spiro atoms. The van der Waals surface area contributed by atoms with Gasteiger partial charge in [-0.25, -0.2) is 9.97 Å². The lowest BCUT2D eigenvalue weighted by Crippen LogP contribution is -2.33. The summed E-state index contributed by atoms with van der Waals surface area (Å²) in [4.78, 5) is 10.6. The summed E-state index contributed by atoms with van der Waals surface area (Å²) in [7, 11) is 0. The molecule has 0 radical (unpaired) electrons. The van der Waals surface area contributed by atoms with E-state index >= 15 is 0 Å². The zero-order chi connectivity index (χ0) is 12.7. The van der Waals surface area contributed by atoms with Crippen LogP contribution < -0.4 is 15.4 Å². The standard InChI is InChI=1S/C12H22N4O/c1-4-17-12-8-11(14-9-15-12)16(10(2)3)7-5-6-13/h8-10H,4-7,13H2,1-3H3. The smallest absolute Gasteiger partial charge is 0.218 e. The largest absolute Gasteiger partial charge is 0.478 e. The molecule has 0 aliphatic heterocycles. The number of ether oxygens (including phenoxy) is 1. The van der Waals surface area contributed by atoms with Gasteiger partial charge in [-0.05, 0) is 33.7 Å². The van der Waals surface area contributed by atoms with Crippen molar-refractivity contribution in [2.45, 2.75) is 33.2 Å². The summed E-state index contributed by atoms with van der Waals surface area (Å²) in [6.07, 6.45) is 2.49. The Morgan fingerprint density at radius 3 is 2.76 bits per heavy atom. The topological polar surface area (TPSA) is 64.3 Å². The first-order valence-corrected chi connectivity index (χ1v) is 6.10. The molecule has 0 saturated heterocycles. The number of nitrogens with two attached hydrogens (primary N) is 1. The number of rotatable bonds is 7. The van der Waals surface area contributed by atoms with Crippen LogP contribution in [0.25, 0.3) is 0 Å². The number of hydrogen-bond donors (Lipinski definition) is 1. The van der Waals surface area contributed by atoms with Crippen LogP contribution in [0.5, 0.6) is 5.88 Å². The van der Waals surface area contributed by atoms with E-state index in [4.69, 9.17) is 10.5 Å². The highest BCUT2D eigenvalue weighted by molar-refractivity contribution is 5.41. The molecule has 1 aromatic heterocycles. The zero-order valence-corrected chi connectivity index (χ0v) is 10.9. The molecule has 0 amide bonds. The Kier molecular flexibility index (Phi) is 5.69. The van der Waals surface area contributed by atoms with E-state index in [9.17, 15) is 0 Å². The minimum absolute atomic E-state index is 0.380. The molecule has 0 unspecified atom stereocenters. The van der Waals surface area contributed by atoms with Crippen molar-refractivity contribution in [3.8, 4) is 5.88 Å². The maximum atomic E-state index is 5.55. The first-order valence-electron chi connectivity index (χ1n) is 6.10. The highest BCUT2D eigenvalue weighted by Gasteiger charge is 2.12. The van der Waals surface area contributed by atoms with Gasteiger partial charge in [-0.3, -0.25) is 0 Å². The molecule has 0 aromatic carbocycles. The lowest BCUT2D eigenvalue weighted by atomic mass is 10.3. The van der Waals surface area contributed by atoms with Crippen LogP contribution >= 0.6 is 0 Å². The maximum Gasteiger partial charge on any atom is 0.218 e. The summed E-state index contributed by atoms with van der Waals surface area (Å²) in [5, 5.41) is 0. The number of anilines is 1. The molecular weight excluding hydrogens is 216 g/mol. The van der Waals surface area contributed by atoms with Gasteiger partial charge in [-0.1, -0.05) is 0 Å². The molecule has 0 fully saturated rings. The molecule has 0 aliphatic rings. The first-order chi connectivity index (χ1) is 8.19. The highest BCUT2D eigenvalue weighted by Crippen LogP contribution is 2.18. The van der Waals surface area contributed by atoms with Gasteiger partial charge in [0, 0.05) is 18.7 Å². The Morgan fingerprint density at radius 2 is 2.18 bits per heavy atom. The molecule has 1 aromatic rings. The average Bonchev–Trinajstić information content (AvgIpc) is 2.30. The van der Waals surface area contributed by atoms with E-state index < -0.39 is 0 Å². The van der Waals surface area contributed by atoms with Gasteiger partial charge in [0.15, 0.2) is 0 Å². The molecule has 0 bridgehead atoms.